The first-order chi connectivity index (χ1) is 45.8. The van der Waals surface area contributed by atoms with Gasteiger partial charge in [0.2, 0.25) is 0 Å². The lowest BCUT2D eigenvalue weighted by Crippen LogP contribution is -2.33. The fraction of sp³-hybridized carbons (Fsp3) is 0.156. The van der Waals surface area contributed by atoms with Crippen LogP contribution in [0.1, 0.15) is 61.1 Å². The predicted octanol–water partition coefficient (Wildman–Crippen LogP) is 21.6. The maximum Gasteiger partial charge on any atom is 0.488 e. The zero-order chi connectivity index (χ0) is 63.8. The number of fused-ring (bicyclic) bond motifs is 14. The Labute approximate surface area is 562 Å². The highest BCUT2D eigenvalue weighted by Crippen LogP contribution is 2.54. The van der Waals surface area contributed by atoms with E-state index in [1.807, 2.05) is 12.1 Å². The highest BCUT2D eigenvalue weighted by Gasteiger charge is 2.41. The molecule has 8 aliphatic carbocycles. The van der Waals surface area contributed by atoms with Crippen molar-refractivity contribution in [1.29, 1.82) is 0 Å². The van der Waals surface area contributed by atoms with Crippen molar-refractivity contribution in [2.45, 2.75) is 38.5 Å². The van der Waals surface area contributed by atoms with Gasteiger partial charge in [-0.2, -0.15) is 0 Å². The lowest BCUT2D eigenvalue weighted by Gasteiger charge is -2.40. The minimum absolute atomic E-state index is 0.0152. The van der Waals surface area contributed by atoms with E-state index >= 15 is 0 Å². The highest BCUT2D eigenvalue weighted by molar-refractivity contribution is 9.10. The van der Waals surface area contributed by atoms with Gasteiger partial charge < -0.3 is 10.0 Å². The van der Waals surface area contributed by atoms with Gasteiger partial charge in [-0.15, -0.1) is 0 Å². The Morgan fingerprint density at radius 2 is 0.670 bits per heavy atom. The molecule has 8 atom stereocenters. The molecule has 2 N–H and O–H groups in total. The van der Waals surface area contributed by atoms with E-state index < -0.39 is 7.12 Å². The highest BCUT2D eigenvalue weighted by atomic mass is 79.9. The summed E-state index contributed by atoms with van der Waals surface area (Å²) in [7, 11) is -1.43. The van der Waals surface area contributed by atoms with Crippen LogP contribution >= 0.6 is 15.9 Å². The summed E-state index contributed by atoms with van der Waals surface area (Å²) in [6.45, 7) is 9.43. The van der Waals surface area contributed by atoms with Gasteiger partial charge in [0.1, 0.15) is 0 Å². The minimum Gasteiger partial charge on any atom is -0.423 e. The number of benzene rings is 10. The number of halogens is 1. The third-order valence-corrected chi connectivity index (χ3v) is 22.2. The smallest absolute Gasteiger partial charge is 0.423 e. The van der Waals surface area contributed by atoms with Crippen molar-refractivity contribution in [3.63, 3.8) is 0 Å². The standard InChI is InChI=1S/C45H36.C25H19Br.C20H19BO2/c1-45(2)43-27-33(20-22-40(43)41-23-21-34(28-44(41)45)32-19-18-29-10-3-4-11-30(29)24-32)31-13-9-14-35(25-31)42-26-36-12-5-6-15-37(36)38-16-7-8-17-39(38)42;1-25(2)23-14-19(18-8-7-16-5-3-4-6-17(16)13-18)9-11-21(23)22-12-10-20(26)15-24(22)25;22-21(23)16-8-5-7-14(12-16)20-13-15-6-1-2-9-17(15)18-10-3-4-11-19(18)20/h3-28,36-39H,1-2H3;3-15H,1-2H3;1-13,15,17-19,22-23H. The van der Waals surface area contributed by atoms with Gasteiger partial charge >= 0.3 is 7.12 Å². The Morgan fingerprint density at radius 1 is 0.309 bits per heavy atom. The SMILES string of the molecule is CC1(C)c2cc(-c3cccc(C4=CC5C=CC=CC5C5C=CC=CC45)c3)ccc2-c2ccc(-c3ccc4ccccc4c3)cc21.CC1(C)c2cc(Br)ccc2-c2ccc(-c3ccc4ccccc4c3)cc21.OB(O)c1cccc(C2=CC3C=CC=CC3C3C=CC=CC23)c1. The van der Waals surface area contributed by atoms with Gasteiger partial charge in [-0.1, -0.05) is 311 Å². The molecule has 0 bridgehead atoms. The molecule has 456 valence electrons. The Balaban J connectivity index is 0.000000121. The molecule has 0 amide bonds. The number of hydrogen-bond donors (Lipinski definition) is 2. The van der Waals surface area contributed by atoms with Crippen molar-refractivity contribution in [2.75, 3.05) is 0 Å². The quantitative estimate of drug-likeness (QED) is 0.163. The lowest BCUT2D eigenvalue weighted by molar-refractivity contribution is 0.357. The normalized spacial score (nSPS) is 22.6. The Hall–Kier alpha value is -9.42. The number of rotatable bonds is 6. The summed E-state index contributed by atoms with van der Waals surface area (Å²) < 4.78 is 1.15. The van der Waals surface area contributed by atoms with Gasteiger partial charge in [-0.3, -0.25) is 0 Å². The summed E-state index contributed by atoms with van der Waals surface area (Å²) in [6.07, 6.45) is 41.1. The molecular formula is C90H74BBrO2. The fourth-order valence-corrected chi connectivity index (χ4v) is 17.0. The van der Waals surface area contributed by atoms with Gasteiger partial charge in [0.25, 0.3) is 0 Å². The molecule has 0 aromatic heterocycles. The molecule has 0 fully saturated rings. The summed E-state index contributed by atoms with van der Waals surface area (Å²) >= 11 is 3.64. The topological polar surface area (TPSA) is 40.5 Å². The third-order valence-electron chi connectivity index (χ3n) is 21.7. The Bertz CT molecular complexity index is 5030. The largest absolute Gasteiger partial charge is 0.488 e. The Morgan fingerprint density at radius 3 is 1.15 bits per heavy atom. The van der Waals surface area contributed by atoms with E-state index in [1.54, 1.807) is 6.07 Å². The molecule has 10 aromatic rings. The van der Waals surface area contributed by atoms with Crippen LogP contribution in [0.5, 0.6) is 0 Å². The maximum atomic E-state index is 9.46. The molecule has 0 spiro atoms. The third kappa shape index (κ3) is 10.7. The second kappa shape index (κ2) is 24.2. The van der Waals surface area contributed by atoms with E-state index in [-0.39, 0.29) is 10.8 Å². The molecule has 10 aromatic carbocycles. The molecule has 0 saturated carbocycles. The first-order valence-electron chi connectivity index (χ1n) is 33.5. The van der Waals surface area contributed by atoms with Crippen LogP contribution in [0.25, 0.3) is 88.3 Å². The molecule has 0 radical (unpaired) electrons. The monoisotopic (exact) mass is 1280 g/mol. The molecule has 8 unspecified atom stereocenters. The zero-order valence-corrected chi connectivity index (χ0v) is 55.1. The molecule has 8 aliphatic rings. The lowest BCUT2D eigenvalue weighted by atomic mass is 9.63. The average Bonchev–Trinajstić information content (AvgIpc) is 1.54. The molecule has 94 heavy (non-hydrogen) atoms. The van der Waals surface area contributed by atoms with Crippen LogP contribution in [0.3, 0.4) is 0 Å². The van der Waals surface area contributed by atoms with E-state index in [0.29, 0.717) is 52.8 Å². The Kier molecular flexibility index (Phi) is 15.3. The van der Waals surface area contributed by atoms with E-state index in [2.05, 4.69) is 341 Å². The van der Waals surface area contributed by atoms with Gasteiger partial charge in [0.05, 0.1) is 0 Å². The second-order valence-electron chi connectivity index (χ2n) is 27.8. The number of hydrogen-bond acceptors (Lipinski definition) is 2. The first kappa shape index (κ1) is 59.6. The van der Waals surface area contributed by atoms with E-state index in [0.717, 1.165) is 10.0 Å². The van der Waals surface area contributed by atoms with Crippen molar-refractivity contribution >= 4 is 61.2 Å². The van der Waals surface area contributed by atoms with Gasteiger partial charge in [0, 0.05) is 39.0 Å². The van der Waals surface area contributed by atoms with Crippen molar-refractivity contribution in [2.24, 2.45) is 47.3 Å². The summed E-state index contributed by atoms with van der Waals surface area (Å²) in [5, 5.41) is 24.1. The van der Waals surface area contributed by atoms with Crippen LogP contribution in [0.15, 0.2) is 320 Å². The maximum absolute atomic E-state index is 9.46. The van der Waals surface area contributed by atoms with Crippen LogP contribution < -0.4 is 5.46 Å². The van der Waals surface area contributed by atoms with Gasteiger partial charge in [-0.25, -0.2) is 0 Å². The van der Waals surface area contributed by atoms with Crippen molar-refractivity contribution < 1.29 is 10.0 Å². The fourth-order valence-electron chi connectivity index (χ4n) is 16.7. The minimum atomic E-state index is -1.43. The molecule has 18 rings (SSSR count). The van der Waals surface area contributed by atoms with Crippen LogP contribution in [-0.2, 0) is 10.8 Å². The van der Waals surface area contributed by atoms with E-state index in [9.17, 15) is 10.0 Å². The summed E-state index contributed by atoms with van der Waals surface area (Å²) in [6, 6.07) is 75.4. The van der Waals surface area contributed by atoms with Gasteiger partial charge in [0.15, 0.2) is 0 Å². The van der Waals surface area contributed by atoms with Crippen molar-refractivity contribution in [1.82, 2.24) is 0 Å². The zero-order valence-electron chi connectivity index (χ0n) is 53.5. The second-order valence-corrected chi connectivity index (χ2v) is 28.7. The van der Waals surface area contributed by atoms with Gasteiger partial charge in [-0.05, 0) is 199 Å². The molecule has 0 saturated heterocycles. The van der Waals surface area contributed by atoms with E-state index in [4.69, 9.17) is 0 Å². The van der Waals surface area contributed by atoms with Crippen LogP contribution in [0.4, 0.5) is 0 Å². The van der Waals surface area contributed by atoms with Crippen LogP contribution in [0, 0.1) is 47.3 Å². The summed E-state index contributed by atoms with van der Waals surface area (Å²) in [5.74, 6) is 3.59. The van der Waals surface area contributed by atoms with Crippen LogP contribution in [-0.4, -0.2) is 17.2 Å². The molecule has 4 heteroatoms. The molecule has 2 nitrogen and oxygen atoms in total. The summed E-state index contributed by atoms with van der Waals surface area (Å²) in [4.78, 5) is 0. The summed E-state index contributed by atoms with van der Waals surface area (Å²) in [5.41, 5.74) is 24.4. The molecule has 0 aliphatic heterocycles. The van der Waals surface area contributed by atoms with E-state index in [1.165, 1.54) is 116 Å². The predicted molar refractivity (Wildman–Crippen MR) is 400 cm³/mol. The number of allylic oxidation sites excluding steroid dienone is 20. The average molecular weight is 1280 g/mol. The first-order valence-corrected chi connectivity index (χ1v) is 34.3. The van der Waals surface area contributed by atoms with Crippen molar-refractivity contribution in [3.8, 4) is 55.6 Å². The van der Waals surface area contributed by atoms with Crippen LogP contribution in [0.2, 0.25) is 0 Å². The van der Waals surface area contributed by atoms with Crippen molar-refractivity contribution in [3.05, 3.63) is 353 Å². The molecule has 0 heterocycles. The molecular weight excluding hydrogens is 1200 g/mol.